The second-order valence-corrected chi connectivity index (χ2v) is 6.24. The molecular formula is C19H21N3O3. The molecule has 2 aliphatic rings. The van der Waals surface area contributed by atoms with Gasteiger partial charge in [0.05, 0.1) is 13.2 Å². The number of rotatable bonds is 5. The predicted octanol–water partition coefficient (Wildman–Crippen LogP) is 1.99. The first-order chi connectivity index (χ1) is 12.3. The van der Waals surface area contributed by atoms with Crippen LogP contribution in [0.25, 0.3) is 0 Å². The van der Waals surface area contributed by atoms with Crippen LogP contribution < -0.4 is 20.1 Å². The molecule has 1 aromatic heterocycles. The van der Waals surface area contributed by atoms with Crippen molar-refractivity contribution < 1.29 is 14.3 Å². The van der Waals surface area contributed by atoms with E-state index in [1.807, 2.05) is 12.1 Å². The van der Waals surface area contributed by atoms with Crippen LogP contribution in [0, 0.1) is 0 Å². The Morgan fingerprint density at radius 2 is 2.12 bits per heavy atom. The van der Waals surface area contributed by atoms with Crippen molar-refractivity contribution in [1.29, 1.82) is 0 Å². The summed E-state index contributed by atoms with van der Waals surface area (Å²) in [7, 11) is 0. The van der Waals surface area contributed by atoms with Gasteiger partial charge in [-0.15, -0.1) is 0 Å². The maximum Gasteiger partial charge on any atom is 0.315 e. The van der Waals surface area contributed by atoms with E-state index in [4.69, 9.17) is 9.47 Å². The Bertz CT molecular complexity index is 745. The van der Waals surface area contributed by atoms with Crippen LogP contribution >= 0.6 is 0 Å². The highest BCUT2D eigenvalue weighted by atomic mass is 16.5. The van der Waals surface area contributed by atoms with E-state index >= 15 is 0 Å². The van der Waals surface area contributed by atoms with E-state index in [1.54, 1.807) is 12.4 Å². The van der Waals surface area contributed by atoms with Crippen molar-refractivity contribution in [2.24, 2.45) is 0 Å². The van der Waals surface area contributed by atoms with E-state index in [-0.39, 0.29) is 6.03 Å². The van der Waals surface area contributed by atoms with Crippen LogP contribution in [0.1, 0.15) is 22.3 Å². The van der Waals surface area contributed by atoms with E-state index < -0.39 is 0 Å². The topological polar surface area (TPSA) is 72.5 Å². The van der Waals surface area contributed by atoms with Crippen molar-refractivity contribution in [3.63, 3.8) is 0 Å². The van der Waals surface area contributed by atoms with Gasteiger partial charge < -0.3 is 20.1 Å². The van der Waals surface area contributed by atoms with Gasteiger partial charge in [0.2, 0.25) is 0 Å². The average molecular weight is 339 g/mol. The molecule has 6 heteroatoms. The second kappa shape index (κ2) is 7.01. The molecule has 0 spiro atoms. The minimum Gasteiger partial charge on any atom is -0.493 e. The molecule has 0 atom stereocenters. The van der Waals surface area contributed by atoms with Gasteiger partial charge in [-0.2, -0.15) is 0 Å². The molecule has 0 saturated carbocycles. The third kappa shape index (κ3) is 3.38. The Morgan fingerprint density at radius 3 is 3.00 bits per heavy atom. The van der Waals surface area contributed by atoms with Crippen molar-refractivity contribution in [2.75, 3.05) is 19.8 Å². The molecule has 130 valence electrons. The number of benzene rings is 1. The number of carbonyl (C=O) groups is 1. The summed E-state index contributed by atoms with van der Waals surface area (Å²) in [5, 5.41) is 5.76. The smallest absolute Gasteiger partial charge is 0.315 e. The molecule has 0 saturated heterocycles. The van der Waals surface area contributed by atoms with Crippen molar-refractivity contribution >= 4 is 6.03 Å². The van der Waals surface area contributed by atoms with E-state index in [1.165, 1.54) is 16.7 Å². The lowest BCUT2D eigenvalue weighted by molar-refractivity contribution is 0.240. The van der Waals surface area contributed by atoms with Crippen molar-refractivity contribution in [3.05, 3.63) is 52.8 Å². The van der Waals surface area contributed by atoms with Crippen molar-refractivity contribution in [2.45, 2.75) is 25.8 Å². The number of fused-ring (bicyclic) bond motifs is 2. The summed E-state index contributed by atoms with van der Waals surface area (Å²) in [5.74, 6) is 1.99. The third-order valence-corrected chi connectivity index (χ3v) is 4.60. The molecule has 2 aromatic rings. The fourth-order valence-corrected chi connectivity index (χ4v) is 3.40. The van der Waals surface area contributed by atoms with E-state index in [0.29, 0.717) is 13.1 Å². The zero-order chi connectivity index (χ0) is 17.1. The minimum absolute atomic E-state index is 0.176. The van der Waals surface area contributed by atoms with Crippen LogP contribution in [0.2, 0.25) is 0 Å². The minimum atomic E-state index is -0.176. The van der Waals surface area contributed by atoms with Gasteiger partial charge in [-0.25, -0.2) is 4.79 Å². The Balaban J connectivity index is 1.34. The van der Waals surface area contributed by atoms with E-state index in [9.17, 15) is 4.79 Å². The first-order valence-corrected chi connectivity index (χ1v) is 8.65. The second-order valence-electron chi connectivity index (χ2n) is 6.24. The van der Waals surface area contributed by atoms with Gasteiger partial charge in [0.25, 0.3) is 0 Å². The maximum atomic E-state index is 12.0. The van der Waals surface area contributed by atoms with E-state index in [2.05, 4.69) is 21.7 Å². The molecule has 0 unspecified atom stereocenters. The molecule has 6 nitrogen and oxygen atoms in total. The molecule has 1 aromatic carbocycles. The first kappa shape index (κ1) is 15.7. The highest BCUT2D eigenvalue weighted by Gasteiger charge is 2.26. The molecule has 0 bridgehead atoms. The Morgan fingerprint density at radius 1 is 1.20 bits per heavy atom. The number of carbonyl (C=O) groups excluding carboxylic acids is 1. The molecule has 3 heterocycles. The first-order valence-electron chi connectivity index (χ1n) is 8.65. The average Bonchev–Trinajstić information content (AvgIpc) is 3.29. The van der Waals surface area contributed by atoms with Crippen molar-refractivity contribution in [3.8, 4) is 11.5 Å². The maximum absolute atomic E-state index is 12.0. The zero-order valence-electron chi connectivity index (χ0n) is 14.0. The summed E-state index contributed by atoms with van der Waals surface area (Å²) < 4.78 is 11.5. The van der Waals surface area contributed by atoms with Crippen LogP contribution in [0.15, 0.2) is 30.6 Å². The number of pyridine rings is 1. The highest BCUT2D eigenvalue weighted by molar-refractivity contribution is 5.73. The molecule has 25 heavy (non-hydrogen) atoms. The normalized spacial score (nSPS) is 14.2. The molecule has 2 aliphatic heterocycles. The number of amides is 2. The van der Waals surface area contributed by atoms with Gasteiger partial charge in [-0.1, -0.05) is 6.07 Å². The summed E-state index contributed by atoms with van der Waals surface area (Å²) >= 11 is 0. The summed E-state index contributed by atoms with van der Waals surface area (Å²) in [6.07, 6.45) is 6.04. The van der Waals surface area contributed by atoms with Gasteiger partial charge in [0.15, 0.2) is 0 Å². The largest absolute Gasteiger partial charge is 0.493 e. The van der Waals surface area contributed by atoms with Crippen LogP contribution in [-0.4, -0.2) is 30.8 Å². The van der Waals surface area contributed by atoms with E-state index in [0.717, 1.165) is 49.5 Å². The number of urea groups is 1. The SMILES string of the molecule is O=C(NCCc1c2c(cc3c1OCC3)OCC2)NCc1cccnc1. The standard InChI is InChI=1S/C19H21N3O3/c23-19(22-12-13-2-1-6-20-11-13)21-7-3-16-15-5-9-24-17(15)10-14-4-8-25-18(14)16/h1-2,6,10-11H,3-5,7-9,12H2,(H2,21,22,23). The van der Waals surface area contributed by atoms with Crippen molar-refractivity contribution in [1.82, 2.24) is 15.6 Å². The Hall–Kier alpha value is -2.76. The number of nitrogens with zero attached hydrogens (tertiary/aromatic N) is 1. The predicted molar refractivity (Wildman–Crippen MR) is 93.0 cm³/mol. The number of aromatic nitrogens is 1. The van der Waals surface area contributed by atoms with Crippen LogP contribution in [0.4, 0.5) is 4.79 Å². The zero-order valence-corrected chi connectivity index (χ0v) is 14.0. The summed E-state index contributed by atoms with van der Waals surface area (Å²) in [6, 6.07) is 5.72. The quantitative estimate of drug-likeness (QED) is 0.874. The number of hydrogen-bond acceptors (Lipinski definition) is 4. The molecule has 0 aliphatic carbocycles. The monoisotopic (exact) mass is 339 g/mol. The Kier molecular flexibility index (Phi) is 4.41. The summed E-state index contributed by atoms with van der Waals surface area (Å²) in [5.41, 5.74) is 4.62. The van der Waals surface area contributed by atoms with Gasteiger partial charge in [-0.3, -0.25) is 4.98 Å². The molecule has 0 radical (unpaired) electrons. The number of nitrogens with one attached hydrogen (secondary N) is 2. The van der Waals surface area contributed by atoms with Gasteiger partial charge >= 0.3 is 6.03 Å². The number of ether oxygens (including phenoxy) is 2. The lowest BCUT2D eigenvalue weighted by Crippen LogP contribution is -2.36. The number of hydrogen-bond donors (Lipinski definition) is 2. The molecular weight excluding hydrogens is 318 g/mol. The third-order valence-electron chi connectivity index (χ3n) is 4.60. The van der Waals surface area contributed by atoms with Gasteiger partial charge in [-0.05, 0) is 24.1 Å². The van der Waals surface area contributed by atoms with Crippen LogP contribution in [0.3, 0.4) is 0 Å². The summed E-state index contributed by atoms with van der Waals surface area (Å²) in [6.45, 7) is 2.48. The lowest BCUT2D eigenvalue weighted by Gasteiger charge is -2.13. The van der Waals surface area contributed by atoms with Gasteiger partial charge in [0, 0.05) is 55.0 Å². The van der Waals surface area contributed by atoms with Crippen LogP contribution in [-0.2, 0) is 25.8 Å². The molecule has 4 rings (SSSR count). The molecule has 2 amide bonds. The van der Waals surface area contributed by atoms with Gasteiger partial charge in [0.1, 0.15) is 11.5 Å². The van der Waals surface area contributed by atoms with Crippen LogP contribution in [0.5, 0.6) is 11.5 Å². The summed E-state index contributed by atoms with van der Waals surface area (Å²) in [4.78, 5) is 16.0. The molecule has 2 N–H and O–H groups in total. The lowest BCUT2D eigenvalue weighted by atomic mass is 9.97. The fourth-order valence-electron chi connectivity index (χ4n) is 3.40. The Labute approximate surface area is 146 Å². The molecule has 0 fully saturated rings. The highest BCUT2D eigenvalue weighted by Crippen LogP contribution is 2.40. The fraction of sp³-hybridized carbons (Fsp3) is 0.368.